The van der Waals surface area contributed by atoms with Crippen molar-refractivity contribution < 1.29 is 15.0 Å². The van der Waals surface area contributed by atoms with E-state index < -0.39 is 12.2 Å². The van der Waals surface area contributed by atoms with E-state index in [9.17, 15) is 15.0 Å². The Labute approximate surface area is 182 Å². The van der Waals surface area contributed by atoms with Crippen LogP contribution in [-0.4, -0.2) is 28.2 Å². The molecule has 4 fully saturated rings. The molecule has 4 saturated carbocycles. The van der Waals surface area contributed by atoms with Crippen LogP contribution in [0.15, 0.2) is 35.5 Å². The van der Waals surface area contributed by atoms with Gasteiger partial charge in [-0.1, -0.05) is 38.2 Å². The lowest BCUT2D eigenvalue weighted by atomic mass is 9.60. The number of hydrogen-bond donors (Lipinski definition) is 2. The van der Waals surface area contributed by atoms with E-state index in [0.29, 0.717) is 41.8 Å². The van der Waals surface area contributed by atoms with Crippen molar-refractivity contribution in [2.45, 2.75) is 96.7 Å². The highest BCUT2D eigenvalue weighted by Crippen LogP contribution is 2.60. The zero-order valence-corrected chi connectivity index (χ0v) is 18.9. The number of Topliss-reactive ketones (excluding diaryl/α,β-unsaturated/α-hetero) is 1. The zero-order valence-electron chi connectivity index (χ0n) is 18.9. The first-order valence-corrected chi connectivity index (χ1v) is 12.2. The second-order valence-corrected chi connectivity index (χ2v) is 11.0. The summed E-state index contributed by atoms with van der Waals surface area (Å²) in [5.74, 6) is 3.18. The van der Waals surface area contributed by atoms with Crippen LogP contribution >= 0.6 is 0 Å². The highest BCUT2D eigenvalue weighted by Gasteiger charge is 2.50. The summed E-state index contributed by atoms with van der Waals surface area (Å²) < 4.78 is 0. The van der Waals surface area contributed by atoms with Gasteiger partial charge in [0.1, 0.15) is 5.78 Å². The Hall–Kier alpha value is -1.19. The van der Waals surface area contributed by atoms with Crippen LogP contribution in [0.3, 0.4) is 0 Å². The maximum atomic E-state index is 11.7. The number of hydrogen-bond acceptors (Lipinski definition) is 3. The molecular formula is C27H40O3. The molecule has 4 rings (SSSR count). The van der Waals surface area contributed by atoms with Gasteiger partial charge in [-0.25, -0.2) is 0 Å². The van der Waals surface area contributed by atoms with Crippen LogP contribution in [0.1, 0.15) is 84.5 Å². The Morgan fingerprint density at radius 1 is 1.17 bits per heavy atom. The maximum absolute atomic E-state index is 11.7. The van der Waals surface area contributed by atoms with Crippen LogP contribution in [0, 0.1) is 29.1 Å². The molecule has 0 radical (unpaired) electrons. The van der Waals surface area contributed by atoms with E-state index >= 15 is 0 Å². The highest BCUT2D eigenvalue weighted by molar-refractivity contribution is 5.80. The van der Waals surface area contributed by atoms with Crippen molar-refractivity contribution in [3.8, 4) is 0 Å². The molecule has 4 aliphatic carbocycles. The lowest BCUT2D eigenvalue weighted by molar-refractivity contribution is -0.117. The van der Waals surface area contributed by atoms with Crippen LogP contribution in [0.2, 0.25) is 0 Å². The molecule has 166 valence electrons. The first-order valence-electron chi connectivity index (χ1n) is 12.2. The van der Waals surface area contributed by atoms with Crippen molar-refractivity contribution in [1.29, 1.82) is 0 Å². The summed E-state index contributed by atoms with van der Waals surface area (Å²) in [6, 6.07) is 0. The van der Waals surface area contributed by atoms with Crippen molar-refractivity contribution in [3.05, 3.63) is 35.5 Å². The van der Waals surface area contributed by atoms with Gasteiger partial charge in [-0.2, -0.15) is 0 Å². The molecule has 3 heteroatoms. The SMILES string of the molecule is C=C1/C(=C\C=C2/CCC[C@@]3(C)C2CC[C@@H]3[C@H](C)CC2CCC(=O)C2)C[C@@H](O)C[C@@H]1O. The Balaban J connectivity index is 1.48. The van der Waals surface area contributed by atoms with Crippen molar-refractivity contribution in [2.24, 2.45) is 29.1 Å². The van der Waals surface area contributed by atoms with Crippen LogP contribution in [0.4, 0.5) is 0 Å². The summed E-state index contributed by atoms with van der Waals surface area (Å²) in [6.07, 6.45) is 14.6. The minimum absolute atomic E-state index is 0.368. The number of allylic oxidation sites excluding steroid dienone is 3. The Bertz CT molecular complexity index is 747. The molecule has 30 heavy (non-hydrogen) atoms. The fourth-order valence-corrected chi connectivity index (χ4v) is 7.46. The molecule has 0 aromatic heterocycles. The van der Waals surface area contributed by atoms with Crippen molar-refractivity contribution >= 4 is 5.78 Å². The van der Waals surface area contributed by atoms with Gasteiger partial charge in [-0.05, 0) is 91.6 Å². The second kappa shape index (κ2) is 8.74. The van der Waals surface area contributed by atoms with Crippen molar-refractivity contribution in [2.75, 3.05) is 0 Å². The van der Waals surface area contributed by atoms with Gasteiger partial charge in [0.05, 0.1) is 12.2 Å². The van der Waals surface area contributed by atoms with Gasteiger partial charge < -0.3 is 10.2 Å². The van der Waals surface area contributed by atoms with E-state index in [4.69, 9.17) is 0 Å². The third-order valence-electron chi connectivity index (χ3n) is 9.04. The normalized spacial score (nSPS) is 43.4. The van der Waals surface area contributed by atoms with Crippen molar-refractivity contribution in [1.82, 2.24) is 0 Å². The Morgan fingerprint density at radius 2 is 1.97 bits per heavy atom. The molecule has 2 N–H and O–H groups in total. The maximum Gasteiger partial charge on any atom is 0.133 e. The molecule has 0 spiro atoms. The van der Waals surface area contributed by atoms with Crippen LogP contribution in [0.5, 0.6) is 0 Å². The van der Waals surface area contributed by atoms with E-state index in [-0.39, 0.29) is 0 Å². The van der Waals surface area contributed by atoms with Crippen LogP contribution < -0.4 is 0 Å². The third-order valence-corrected chi connectivity index (χ3v) is 9.04. The molecule has 2 unspecified atom stereocenters. The number of carbonyl (C=O) groups excluding carboxylic acids is 1. The largest absolute Gasteiger partial charge is 0.393 e. The number of rotatable bonds is 4. The smallest absolute Gasteiger partial charge is 0.133 e. The van der Waals surface area contributed by atoms with Gasteiger partial charge in [0.25, 0.3) is 0 Å². The minimum atomic E-state index is -0.616. The standard InChI is InChI=1S/C27H40O3/c1-17(13-19-6-9-22(28)14-19)24-10-11-25-20(5-4-12-27(24,25)3)7-8-21-15-23(29)16-26(30)18(21)2/h7-8,17,19,23-26,29-30H,2,4-6,9-16H2,1,3H3/b20-7+,21-8-/t17-,19?,23-,24-,25?,26+,27-/m1/s1. The molecule has 0 heterocycles. The summed E-state index contributed by atoms with van der Waals surface area (Å²) >= 11 is 0. The molecule has 7 atom stereocenters. The fourth-order valence-electron chi connectivity index (χ4n) is 7.46. The van der Waals surface area contributed by atoms with E-state index in [1.165, 1.54) is 38.5 Å². The van der Waals surface area contributed by atoms with E-state index in [1.807, 2.05) is 0 Å². The van der Waals surface area contributed by atoms with E-state index in [1.54, 1.807) is 5.57 Å². The molecule has 0 aromatic rings. The van der Waals surface area contributed by atoms with Gasteiger partial charge in [0.2, 0.25) is 0 Å². The molecule has 0 saturated heterocycles. The third kappa shape index (κ3) is 4.25. The number of aliphatic hydroxyl groups is 2. The van der Waals surface area contributed by atoms with Gasteiger partial charge in [-0.3, -0.25) is 4.79 Å². The monoisotopic (exact) mass is 412 g/mol. The van der Waals surface area contributed by atoms with E-state index in [2.05, 4.69) is 32.6 Å². The summed E-state index contributed by atoms with van der Waals surface area (Å²) in [4.78, 5) is 11.7. The van der Waals surface area contributed by atoms with Gasteiger partial charge >= 0.3 is 0 Å². The topological polar surface area (TPSA) is 57.5 Å². The van der Waals surface area contributed by atoms with E-state index in [0.717, 1.165) is 36.3 Å². The van der Waals surface area contributed by atoms with Gasteiger partial charge in [-0.15, -0.1) is 0 Å². The average Bonchev–Trinajstić information content (AvgIpc) is 3.25. The molecule has 3 nitrogen and oxygen atoms in total. The average molecular weight is 413 g/mol. The van der Waals surface area contributed by atoms with Gasteiger partial charge in [0, 0.05) is 19.3 Å². The summed E-state index contributed by atoms with van der Waals surface area (Å²) in [6.45, 7) is 9.03. The lowest BCUT2D eigenvalue weighted by Crippen LogP contribution is -2.36. The quantitative estimate of drug-likeness (QED) is 0.639. The molecular weight excluding hydrogens is 372 g/mol. The number of fused-ring (bicyclic) bond motifs is 1. The lowest BCUT2D eigenvalue weighted by Gasteiger charge is -2.44. The molecule has 0 aromatic carbocycles. The second-order valence-electron chi connectivity index (χ2n) is 11.0. The van der Waals surface area contributed by atoms with Gasteiger partial charge in [0.15, 0.2) is 0 Å². The Kier molecular flexibility index (Phi) is 6.42. The highest BCUT2D eigenvalue weighted by atomic mass is 16.3. The minimum Gasteiger partial charge on any atom is -0.393 e. The fraction of sp³-hybridized carbons (Fsp3) is 0.741. The van der Waals surface area contributed by atoms with Crippen molar-refractivity contribution in [3.63, 3.8) is 0 Å². The number of carbonyl (C=O) groups is 1. The number of ketones is 1. The molecule has 0 aliphatic heterocycles. The molecule has 0 bridgehead atoms. The summed E-state index contributed by atoms with van der Waals surface area (Å²) in [7, 11) is 0. The van der Waals surface area contributed by atoms with Crippen LogP contribution in [-0.2, 0) is 4.79 Å². The first kappa shape index (κ1) is 22.0. The zero-order chi connectivity index (χ0) is 21.5. The predicted molar refractivity (Wildman–Crippen MR) is 121 cm³/mol. The first-order chi connectivity index (χ1) is 14.3. The summed E-state index contributed by atoms with van der Waals surface area (Å²) in [5.41, 5.74) is 3.71. The number of aliphatic hydroxyl groups excluding tert-OH is 2. The van der Waals surface area contributed by atoms with Crippen LogP contribution in [0.25, 0.3) is 0 Å². The Morgan fingerprint density at radius 3 is 2.70 bits per heavy atom. The molecule has 0 amide bonds. The predicted octanol–water partition coefficient (Wildman–Crippen LogP) is 5.52. The summed E-state index contributed by atoms with van der Waals surface area (Å²) in [5, 5.41) is 20.2. The molecule has 4 aliphatic rings.